The molecule has 1 aliphatic heterocycles. The molecule has 1 unspecified atom stereocenters. The Labute approximate surface area is 323 Å². The molecule has 5 rings (SSSR count). The number of aryl methyl sites for hydroxylation is 1. The van der Waals surface area contributed by atoms with E-state index in [-0.39, 0.29) is 11.8 Å². The lowest BCUT2D eigenvalue weighted by Crippen LogP contribution is -2.40. The van der Waals surface area contributed by atoms with E-state index >= 15 is 0 Å². The third kappa shape index (κ3) is 11.5. The van der Waals surface area contributed by atoms with Crippen LogP contribution in [0.1, 0.15) is 77.0 Å². The van der Waals surface area contributed by atoms with Gasteiger partial charge in [-0.25, -0.2) is 9.17 Å². The van der Waals surface area contributed by atoms with Gasteiger partial charge in [-0.05, 0) is 90.8 Å². The molecule has 1 N–H and O–H groups in total. The number of fused-ring (bicyclic) bond motifs is 1. The molecular weight excluding hydrogens is 725 g/mol. The molecule has 3 atom stereocenters. The van der Waals surface area contributed by atoms with Crippen molar-refractivity contribution in [1.82, 2.24) is 9.55 Å². The summed E-state index contributed by atoms with van der Waals surface area (Å²) >= 11 is 0. The molecule has 54 heavy (non-hydrogen) atoms. The van der Waals surface area contributed by atoms with Gasteiger partial charge in [0, 0.05) is 42.2 Å². The number of anilines is 2. The van der Waals surface area contributed by atoms with Crippen molar-refractivity contribution in [3.8, 4) is 16.9 Å². The minimum atomic E-state index is -3.81. The maximum Gasteiger partial charge on any atom is 0.266 e. The van der Waals surface area contributed by atoms with E-state index in [4.69, 9.17) is 13.7 Å². The molecule has 0 spiro atoms. The Bertz CT molecular complexity index is 1950. The Morgan fingerprint density at radius 2 is 1.70 bits per heavy atom. The van der Waals surface area contributed by atoms with Crippen LogP contribution in [0.25, 0.3) is 11.1 Å². The highest BCUT2D eigenvalue weighted by Gasteiger charge is 2.35. The fourth-order valence-corrected chi connectivity index (χ4v) is 8.30. The lowest BCUT2D eigenvalue weighted by atomic mass is 9.91. The van der Waals surface area contributed by atoms with Gasteiger partial charge in [0.1, 0.15) is 18.6 Å². The lowest BCUT2D eigenvalue weighted by molar-refractivity contribution is -0.117. The van der Waals surface area contributed by atoms with Crippen molar-refractivity contribution < 1.29 is 31.1 Å². The second-order valence-corrected chi connectivity index (χ2v) is 17.2. The Kier molecular flexibility index (Phi) is 14.9. The lowest BCUT2D eigenvalue weighted by Gasteiger charge is -2.34. The van der Waals surface area contributed by atoms with E-state index in [1.165, 1.54) is 0 Å². The van der Waals surface area contributed by atoms with Gasteiger partial charge in [0.15, 0.2) is 0 Å². The van der Waals surface area contributed by atoms with Gasteiger partial charge in [0.2, 0.25) is 5.91 Å². The monoisotopic (exact) mass is 778 g/mol. The van der Waals surface area contributed by atoms with Crippen molar-refractivity contribution in [3.63, 3.8) is 0 Å². The highest BCUT2D eigenvalue weighted by atomic mass is 32.2. The molecule has 1 aliphatic rings. The minimum absolute atomic E-state index is 0.177. The summed E-state index contributed by atoms with van der Waals surface area (Å²) in [5.41, 5.74) is 4.91. The number of hydrogen-bond donors (Lipinski definition) is 1. The van der Waals surface area contributed by atoms with Crippen LogP contribution < -0.4 is 15.0 Å². The number of ether oxygens (including phenoxy) is 2. The predicted molar refractivity (Wildman–Crippen MR) is 215 cm³/mol. The second-order valence-electron chi connectivity index (χ2n) is 14.1. The highest BCUT2D eigenvalue weighted by Crippen LogP contribution is 2.41. The summed E-state index contributed by atoms with van der Waals surface area (Å²) in [4.78, 5) is 21.0. The molecule has 0 radical (unpaired) electrons. The van der Waals surface area contributed by atoms with Crippen molar-refractivity contribution >= 4 is 38.2 Å². The first-order valence-electron chi connectivity index (χ1n) is 18.8. The third-order valence-corrected chi connectivity index (χ3v) is 11.1. The maximum absolute atomic E-state index is 14.1. The van der Waals surface area contributed by atoms with E-state index in [9.17, 15) is 17.4 Å². The number of benzene rings is 3. The maximum atomic E-state index is 14.1. The van der Waals surface area contributed by atoms with Gasteiger partial charge in [-0.1, -0.05) is 58.4 Å². The standard InChI is InChI=1S/C41H54N4O7S2/c1-6-8-22-50-23-24-51-35-14-9-31(10-15-35)32-11-18-37-38(19-20-40(52-54(5,48)49)45(27-30(3)4)39(37)25-32)41(46)43-33-12-16-36(17-13-33)53(47)28-34-26-42-29-44(34)21-7-2/h9-18,25-26,29-30,38,40H,6-8,19-24,27-28H2,1-5H3,(H,43,46)/t38-,40-,53?/m0/s1. The number of rotatable bonds is 19. The van der Waals surface area contributed by atoms with E-state index in [1.807, 2.05) is 51.9 Å². The van der Waals surface area contributed by atoms with Crippen LogP contribution in [0.15, 0.2) is 84.1 Å². The zero-order valence-corrected chi connectivity index (χ0v) is 33.7. The van der Waals surface area contributed by atoms with Crippen molar-refractivity contribution in [2.45, 2.75) is 89.1 Å². The van der Waals surface area contributed by atoms with Crippen LogP contribution >= 0.6 is 0 Å². The quantitative estimate of drug-likeness (QED) is 0.0751. The van der Waals surface area contributed by atoms with E-state index in [0.717, 1.165) is 72.5 Å². The summed E-state index contributed by atoms with van der Waals surface area (Å²) in [5, 5.41) is 3.07. The molecule has 0 fully saturated rings. The van der Waals surface area contributed by atoms with Gasteiger partial charge in [-0.3, -0.25) is 9.00 Å². The molecule has 0 bridgehead atoms. The van der Waals surface area contributed by atoms with Crippen LogP contribution in [-0.2, 0) is 46.9 Å². The van der Waals surface area contributed by atoms with Crippen LogP contribution in [-0.4, -0.2) is 66.9 Å². The Balaban J connectivity index is 1.38. The normalized spacial score (nSPS) is 16.5. The van der Waals surface area contributed by atoms with Crippen LogP contribution in [0.2, 0.25) is 0 Å². The van der Waals surface area contributed by atoms with Gasteiger partial charge in [-0.2, -0.15) is 8.42 Å². The number of carbonyl (C=O) groups excluding carboxylic acids is 1. The van der Waals surface area contributed by atoms with E-state index < -0.39 is 33.1 Å². The molecule has 0 aliphatic carbocycles. The van der Waals surface area contributed by atoms with Crippen molar-refractivity contribution in [1.29, 1.82) is 0 Å². The number of carbonyl (C=O) groups is 1. The number of nitrogens with zero attached hydrogens (tertiary/aromatic N) is 3. The van der Waals surface area contributed by atoms with Crippen molar-refractivity contribution in [2.75, 3.05) is 42.8 Å². The molecular formula is C41H54N4O7S2. The first-order valence-corrected chi connectivity index (χ1v) is 22.0. The summed E-state index contributed by atoms with van der Waals surface area (Å²) in [5.74, 6) is 0.469. The molecule has 11 nitrogen and oxygen atoms in total. The molecule has 3 aromatic carbocycles. The topological polar surface area (TPSA) is 129 Å². The van der Waals surface area contributed by atoms with Gasteiger partial charge >= 0.3 is 0 Å². The van der Waals surface area contributed by atoms with Crippen LogP contribution in [0.3, 0.4) is 0 Å². The summed E-state index contributed by atoms with van der Waals surface area (Å²) in [7, 11) is -5.09. The number of amides is 1. The van der Waals surface area contributed by atoms with Gasteiger partial charge < -0.3 is 24.3 Å². The first kappa shape index (κ1) is 41.1. The number of imidazole rings is 1. The second kappa shape index (κ2) is 19.5. The van der Waals surface area contributed by atoms with E-state index in [0.29, 0.717) is 48.9 Å². The molecule has 1 amide bonds. The molecule has 2 heterocycles. The zero-order chi connectivity index (χ0) is 38.7. The average Bonchev–Trinajstić information content (AvgIpc) is 3.52. The molecule has 4 aromatic rings. The van der Waals surface area contributed by atoms with E-state index in [1.54, 1.807) is 36.8 Å². The molecule has 1 aromatic heterocycles. The average molecular weight is 779 g/mol. The Hall–Kier alpha value is -4.04. The van der Waals surface area contributed by atoms with Crippen molar-refractivity contribution in [3.05, 3.63) is 90.5 Å². The SMILES string of the molecule is CCCCOCCOc1ccc(-c2ccc3c(c2)N(CC(C)C)[C@@H](OS(C)(=O)=O)CC[C@@H]3C(=O)Nc2ccc(S(=O)Cc3cncn3CCC)cc2)cc1. The fourth-order valence-electron chi connectivity index (χ4n) is 6.58. The van der Waals surface area contributed by atoms with Crippen LogP contribution in [0, 0.1) is 5.92 Å². The number of unbranched alkanes of at least 4 members (excludes halogenated alkanes) is 1. The molecule has 13 heteroatoms. The number of hydrogen-bond acceptors (Lipinski definition) is 9. The minimum Gasteiger partial charge on any atom is -0.491 e. The fraction of sp³-hybridized carbons (Fsp3) is 0.463. The third-order valence-electron chi connectivity index (χ3n) is 9.18. The van der Waals surface area contributed by atoms with E-state index in [2.05, 4.69) is 38.0 Å². The highest BCUT2D eigenvalue weighted by molar-refractivity contribution is 7.86. The molecule has 0 saturated heterocycles. The molecule has 0 saturated carbocycles. The Morgan fingerprint density at radius 1 is 0.963 bits per heavy atom. The summed E-state index contributed by atoms with van der Waals surface area (Å²) in [6.45, 7) is 11.4. The Morgan fingerprint density at radius 3 is 2.39 bits per heavy atom. The van der Waals surface area contributed by atoms with Gasteiger partial charge in [-0.15, -0.1) is 0 Å². The predicted octanol–water partition coefficient (Wildman–Crippen LogP) is 7.74. The summed E-state index contributed by atoms with van der Waals surface area (Å²) < 4.78 is 57.4. The zero-order valence-electron chi connectivity index (χ0n) is 32.0. The first-order chi connectivity index (χ1) is 26.0. The largest absolute Gasteiger partial charge is 0.491 e. The summed E-state index contributed by atoms with van der Waals surface area (Å²) in [6.07, 6.45) is 7.56. The number of nitrogens with one attached hydrogen (secondary N) is 1. The van der Waals surface area contributed by atoms with Gasteiger partial charge in [0.25, 0.3) is 10.1 Å². The number of aromatic nitrogens is 2. The smallest absolute Gasteiger partial charge is 0.266 e. The van der Waals surface area contributed by atoms with Crippen LogP contribution in [0.4, 0.5) is 11.4 Å². The molecule has 292 valence electrons. The van der Waals surface area contributed by atoms with Crippen molar-refractivity contribution in [2.24, 2.45) is 5.92 Å². The van der Waals surface area contributed by atoms with Gasteiger partial charge in [0.05, 0.1) is 47.4 Å². The summed E-state index contributed by atoms with van der Waals surface area (Å²) in [6, 6.07) is 20.9. The van der Waals surface area contributed by atoms with Crippen LogP contribution in [0.5, 0.6) is 5.75 Å².